The van der Waals surface area contributed by atoms with Gasteiger partial charge < -0.3 is 10.4 Å². The third-order valence-electron chi connectivity index (χ3n) is 2.76. The molecule has 8 heteroatoms. The van der Waals surface area contributed by atoms with Crippen LogP contribution in [-0.2, 0) is 0 Å². The summed E-state index contributed by atoms with van der Waals surface area (Å²) in [5.74, 6) is -0.581. The zero-order valence-electron chi connectivity index (χ0n) is 9.17. The van der Waals surface area contributed by atoms with Gasteiger partial charge in [0.25, 0.3) is 5.91 Å². The van der Waals surface area contributed by atoms with Gasteiger partial charge >= 0.3 is 5.69 Å². The summed E-state index contributed by atoms with van der Waals surface area (Å²) in [6.45, 7) is 0. The fourth-order valence-corrected chi connectivity index (χ4v) is 1.98. The van der Waals surface area contributed by atoms with Gasteiger partial charge in [-0.1, -0.05) is 11.6 Å². The van der Waals surface area contributed by atoms with E-state index in [1.807, 2.05) is 0 Å². The number of amides is 1. The van der Waals surface area contributed by atoms with Crippen molar-refractivity contribution in [1.82, 2.24) is 10.3 Å². The summed E-state index contributed by atoms with van der Waals surface area (Å²) < 4.78 is 0. The highest BCUT2D eigenvalue weighted by Crippen LogP contribution is 2.27. The molecule has 0 radical (unpaired) electrons. The van der Waals surface area contributed by atoms with E-state index in [-0.39, 0.29) is 16.8 Å². The van der Waals surface area contributed by atoms with Gasteiger partial charge in [-0.25, -0.2) is 4.98 Å². The van der Waals surface area contributed by atoms with Crippen molar-refractivity contribution in [3.8, 4) is 0 Å². The monoisotopic (exact) mass is 271 g/mol. The first-order chi connectivity index (χ1) is 8.49. The molecule has 0 aromatic carbocycles. The number of hydrogen-bond acceptors (Lipinski definition) is 5. The van der Waals surface area contributed by atoms with Crippen LogP contribution >= 0.6 is 11.6 Å². The van der Waals surface area contributed by atoms with Gasteiger partial charge in [0.1, 0.15) is 5.56 Å². The summed E-state index contributed by atoms with van der Waals surface area (Å²) in [5, 5.41) is 22.2. The van der Waals surface area contributed by atoms with E-state index >= 15 is 0 Å². The molecule has 0 atom stereocenters. The summed E-state index contributed by atoms with van der Waals surface area (Å²) in [6, 6.07) is 1.09. The number of carbonyl (C=O) groups excluding carboxylic acids is 1. The van der Waals surface area contributed by atoms with Gasteiger partial charge in [0.2, 0.25) is 5.15 Å². The number of hydrogen-bond donors (Lipinski definition) is 2. The molecular weight excluding hydrogens is 262 g/mol. The van der Waals surface area contributed by atoms with Crippen LogP contribution in [0.5, 0.6) is 0 Å². The van der Waals surface area contributed by atoms with Crippen LogP contribution in [0.1, 0.15) is 23.2 Å². The predicted octanol–water partition coefficient (Wildman–Crippen LogP) is 0.896. The topological polar surface area (TPSA) is 105 Å². The van der Waals surface area contributed by atoms with Crippen molar-refractivity contribution in [3.63, 3.8) is 0 Å². The third-order valence-corrected chi connectivity index (χ3v) is 3.03. The number of halogens is 1. The number of pyridine rings is 1. The first kappa shape index (κ1) is 12.7. The van der Waals surface area contributed by atoms with Crippen molar-refractivity contribution >= 4 is 23.2 Å². The molecule has 1 aromatic rings. The lowest BCUT2D eigenvalue weighted by Crippen LogP contribution is -2.46. The zero-order chi connectivity index (χ0) is 13.3. The van der Waals surface area contributed by atoms with Crippen molar-refractivity contribution in [2.75, 3.05) is 0 Å². The maximum Gasteiger partial charge on any atom is 0.319 e. The first-order valence-electron chi connectivity index (χ1n) is 5.27. The summed E-state index contributed by atoms with van der Waals surface area (Å²) in [4.78, 5) is 25.5. The fourth-order valence-electron chi connectivity index (χ4n) is 1.75. The van der Waals surface area contributed by atoms with Crippen molar-refractivity contribution in [1.29, 1.82) is 0 Å². The smallest absolute Gasteiger partial charge is 0.319 e. The maximum atomic E-state index is 11.8. The van der Waals surface area contributed by atoms with Crippen LogP contribution in [0.15, 0.2) is 12.3 Å². The molecule has 1 heterocycles. The van der Waals surface area contributed by atoms with E-state index in [0.717, 1.165) is 0 Å². The molecule has 1 aromatic heterocycles. The van der Waals surface area contributed by atoms with Gasteiger partial charge in [-0.15, -0.1) is 0 Å². The zero-order valence-corrected chi connectivity index (χ0v) is 9.92. The minimum Gasteiger partial charge on any atom is -0.393 e. The second-order valence-corrected chi connectivity index (χ2v) is 4.41. The molecule has 0 aliphatic heterocycles. The number of nitro groups is 1. The Bertz CT molecular complexity index is 502. The molecule has 1 saturated carbocycles. The lowest BCUT2D eigenvalue weighted by Gasteiger charge is -2.31. The van der Waals surface area contributed by atoms with E-state index in [1.54, 1.807) is 0 Å². The summed E-state index contributed by atoms with van der Waals surface area (Å²) in [6.07, 6.45) is 1.74. The largest absolute Gasteiger partial charge is 0.393 e. The standard InChI is InChI=1S/C10H10ClN3O4/c11-9-8(14(17)18)7(1-2-12-9)10(16)13-5-3-6(15)4-5/h1-2,5-6,15H,3-4H2,(H,13,16). The molecular formula is C10H10ClN3O4. The molecule has 7 nitrogen and oxygen atoms in total. The molecule has 2 N–H and O–H groups in total. The van der Waals surface area contributed by atoms with Crippen LogP contribution in [0.3, 0.4) is 0 Å². The quantitative estimate of drug-likeness (QED) is 0.483. The Morgan fingerprint density at radius 2 is 2.28 bits per heavy atom. The maximum absolute atomic E-state index is 11.8. The highest BCUT2D eigenvalue weighted by molar-refractivity contribution is 6.32. The van der Waals surface area contributed by atoms with E-state index < -0.39 is 22.6 Å². The van der Waals surface area contributed by atoms with Gasteiger partial charge in [0.15, 0.2) is 0 Å². The van der Waals surface area contributed by atoms with Crippen molar-refractivity contribution in [2.45, 2.75) is 25.0 Å². The van der Waals surface area contributed by atoms with Gasteiger partial charge in [-0.05, 0) is 18.9 Å². The van der Waals surface area contributed by atoms with Gasteiger partial charge in [0.05, 0.1) is 11.0 Å². The van der Waals surface area contributed by atoms with Crippen LogP contribution in [0.25, 0.3) is 0 Å². The number of aliphatic hydroxyl groups is 1. The fraction of sp³-hybridized carbons (Fsp3) is 0.400. The minimum absolute atomic E-state index is 0.124. The second-order valence-electron chi connectivity index (χ2n) is 4.05. The minimum atomic E-state index is -0.736. The molecule has 0 saturated heterocycles. The molecule has 1 aliphatic carbocycles. The molecule has 96 valence electrons. The van der Waals surface area contributed by atoms with Crippen LogP contribution in [0.4, 0.5) is 5.69 Å². The van der Waals surface area contributed by atoms with Crippen LogP contribution in [0, 0.1) is 10.1 Å². The number of aromatic nitrogens is 1. The number of carbonyl (C=O) groups is 1. The normalized spacial score (nSPS) is 22.1. The SMILES string of the molecule is O=C(NC1CC(O)C1)c1ccnc(Cl)c1[N+](=O)[O-]. The average Bonchev–Trinajstić information content (AvgIpc) is 2.26. The van der Waals surface area contributed by atoms with Crippen LogP contribution in [-0.4, -0.2) is 33.1 Å². The Balaban J connectivity index is 2.19. The van der Waals surface area contributed by atoms with E-state index in [1.165, 1.54) is 12.3 Å². The number of nitrogens with zero attached hydrogens (tertiary/aromatic N) is 2. The summed E-state index contributed by atoms with van der Waals surface area (Å²) in [5.41, 5.74) is -0.627. The van der Waals surface area contributed by atoms with E-state index in [9.17, 15) is 14.9 Å². The van der Waals surface area contributed by atoms with Crippen molar-refractivity contribution in [2.24, 2.45) is 0 Å². The highest BCUT2D eigenvalue weighted by Gasteiger charge is 2.31. The van der Waals surface area contributed by atoms with Crippen molar-refractivity contribution in [3.05, 3.63) is 33.1 Å². The van der Waals surface area contributed by atoms with Crippen LogP contribution < -0.4 is 5.32 Å². The Morgan fingerprint density at radius 3 is 2.83 bits per heavy atom. The Hall–Kier alpha value is -1.73. The second kappa shape index (κ2) is 4.87. The van der Waals surface area contributed by atoms with Crippen molar-refractivity contribution < 1.29 is 14.8 Å². The van der Waals surface area contributed by atoms with Crippen LogP contribution in [0.2, 0.25) is 5.15 Å². The molecule has 0 bridgehead atoms. The molecule has 18 heavy (non-hydrogen) atoms. The Labute approximate surface area is 107 Å². The number of aliphatic hydroxyl groups excluding tert-OH is 1. The molecule has 0 unspecified atom stereocenters. The van der Waals surface area contributed by atoms with E-state index in [4.69, 9.17) is 16.7 Å². The Morgan fingerprint density at radius 1 is 1.61 bits per heavy atom. The highest BCUT2D eigenvalue weighted by atomic mass is 35.5. The number of rotatable bonds is 3. The van der Waals surface area contributed by atoms with Gasteiger partial charge in [-0.3, -0.25) is 14.9 Å². The first-order valence-corrected chi connectivity index (χ1v) is 5.64. The molecule has 1 amide bonds. The van der Waals surface area contributed by atoms with Gasteiger partial charge in [-0.2, -0.15) is 0 Å². The van der Waals surface area contributed by atoms with Gasteiger partial charge in [0, 0.05) is 12.2 Å². The molecule has 2 rings (SSSR count). The summed E-state index contributed by atoms with van der Waals surface area (Å²) >= 11 is 5.60. The predicted molar refractivity (Wildman–Crippen MR) is 62.4 cm³/mol. The third kappa shape index (κ3) is 2.41. The lowest BCUT2D eigenvalue weighted by atomic mass is 9.89. The molecule has 0 spiro atoms. The summed E-state index contributed by atoms with van der Waals surface area (Å²) in [7, 11) is 0. The van der Waals surface area contributed by atoms with E-state index in [2.05, 4.69) is 10.3 Å². The lowest BCUT2D eigenvalue weighted by molar-refractivity contribution is -0.385. The number of nitrogens with one attached hydrogen (secondary N) is 1. The Kier molecular flexibility index (Phi) is 3.44. The average molecular weight is 272 g/mol. The molecule has 1 aliphatic rings. The molecule has 1 fully saturated rings. The van der Waals surface area contributed by atoms with E-state index in [0.29, 0.717) is 12.8 Å².